The van der Waals surface area contributed by atoms with Crippen LogP contribution in [0, 0.1) is 0 Å². The van der Waals surface area contributed by atoms with E-state index in [1.807, 2.05) is 48.0 Å². The number of aliphatic hydroxyl groups excluding tert-OH is 1. The molecule has 0 aliphatic rings. The molecule has 0 saturated carbocycles. The van der Waals surface area contributed by atoms with E-state index in [4.69, 9.17) is 0 Å². The van der Waals surface area contributed by atoms with Crippen molar-refractivity contribution in [1.82, 2.24) is 19.9 Å². The second-order valence-electron chi connectivity index (χ2n) is 5.07. The molecule has 0 amide bonds. The van der Waals surface area contributed by atoms with Gasteiger partial charge in [0, 0.05) is 26.3 Å². The van der Waals surface area contributed by atoms with Crippen molar-refractivity contribution in [3.8, 4) is 0 Å². The normalized spacial score (nSPS) is 12.7. The first-order chi connectivity index (χ1) is 10.2. The molecule has 0 saturated heterocycles. The Morgan fingerprint density at radius 3 is 2.95 bits per heavy atom. The van der Waals surface area contributed by atoms with Crippen LogP contribution in [0.3, 0.4) is 0 Å². The summed E-state index contributed by atoms with van der Waals surface area (Å²) in [7, 11) is 1.96. The maximum atomic E-state index is 10.2. The van der Waals surface area contributed by atoms with Gasteiger partial charge in [-0.25, -0.2) is 4.98 Å². The van der Waals surface area contributed by atoms with E-state index in [1.54, 1.807) is 12.5 Å². The van der Waals surface area contributed by atoms with E-state index in [2.05, 4.69) is 15.3 Å². The fourth-order valence-corrected chi connectivity index (χ4v) is 2.32. The molecular formula is C16H18N4O. The molecular weight excluding hydrogens is 264 g/mol. The van der Waals surface area contributed by atoms with Crippen LogP contribution in [0.1, 0.15) is 17.4 Å². The number of aliphatic hydroxyl groups is 1. The Labute approximate surface area is 123 Å². The highest BCUT2D eigenvalue weighted by Gasteiger charge is 2.09. The predicted octanol–water partition coefficient (Wildman–Crippen LogP) is 1.79. The number of rotatable bonds is 5. The SMILES string of the molecule is Cn1cnc2cc(C(O)CNCc3ccccn3)ccc21. The van der Waals surface area contributed by atoms with Gasteiger partial charge < -0.3 is 15.0 Å². The van der Waals surface area contributed by atoms with Gasteiger partial charge in [0.2, 0.25) is 0 Å². The molecule has 21 heavy (non-hydrogen) atoms. The Bertz CT molecular complexity index is 723. The first-order valence-electron chi connectivity index (χ1n) is 6.94. The zero-order valence-electron chi connectivity index (χ0n) is 11.9. The molecule has 2 heterocycles. The highest BCUT2D eigenvalue weighted by atomic mass is 16.3. The van der Waals surface area contributed by atoms with Gasteiger partial charge in [-0.2, -0.15) is 0 Å². The van der Waals surface area contributed by atoms with Crippen LogP contribution in [0.15, 0.2) is 48.9 Å². The lowest BCUT2D eigenvalue weighted by atomic mass is 10.1. The van der Waals surface area contributed by atoms with Crippen molar-refractivity contribution in [2.75, 3.05) is 6.54 Å². The average molecular weight is 282 g/mol. The monoisotopic (exact) mass is 282 g/mol. The van der Waals surface area contributed by atoms with E-state index in [-0.39, 0.29) is 0 Å². The van der Waals surface area contributed by atoms with Gasteiger partial charge in [0.25, 0.3) is 0 Å². The maximum absolute atomic E-state index is 10.2. The van der Waals surface area contributed by atoms with Gasteiger partial charge in [0.05, 0.1) is 29.2 Å². The number of benzene rings is 1. The number of pyridine rings is 1. The van der Waals surface area contributed by atoms with Crippen LogP contribution in [0.2, 0.25) is 0 Å². The summed E-state index contributed by atoms with van der Waals surface area (Å²) in [6.07, 6.45) is 2.99. The molecule has 5 heteroatoms. The van der Waals surface area contributed by atoms with Gasteiger partial charge in [-0.3, -0.25) is 4.98 Å². The fourth-order valence-electron chi connectivity index (χ4n) is 2.32. The molecule has 1 atom stereocenters. The number of aryl methyl sites for hydroxylation is 1. The lowest BCUT2D eigenvalue weighted by Crippen LogP contribution is -2.21. The lowest BCUT2D eigenvalue weighted by Gasteiger charge is -2.12. The highest BCUT2D eigenvalue weighted by Crippen LogP contribution is 2.18. The number of nitrogens with zero attached hydrogens (tertiary/aromatic N) is 3. The van der Waals surface area contributed by atoms with Gasteiger partial charge in [0.15, 0.2) is 0 Å². The summed E-state index contributed by atoms with van der Waals surface area (Å²) >= 11 is 0. The molecule has 0 bridgehead atoms. The standard InChI is InChI=1S/C16H18N4O/c1-20-11-19-14-8-12(5-6-15(14)20)16(21)10-17-9-13-4-2-3-7-18-13/h2-8,11,16-17,21H,9-10H2,1H3. The molecule has 0 aliphatic heterocycles. The van der Waals surface area contributed by atoms with Crippen LogP contribution in [-0.2, 0) is 13.6 Å². The summed E-state index contributed by atoms with van der Waals surface area (Å²) in [6.45, 7) is 1.12. The van der Waals surface area contributed by atoms with E-state index in [0.29, 0.717) is 13.1 Å². The highest BCUT2D eigenvalue weighted by molar-refractivity contribution is 5.76. The summed E-state index contributed by atoms with van der Waals surface area (Å²) in [5.74, 6) is 0. The van der Waals surface area contributed by atoms with Crippen molar-refractivity contribution in [2.45, 2.75) is 12.6 Å². The molecule has 0 radical (unpaired) electrons. The first kappa shape index (κ1) is 13.7. The minimum Gasteiger partial charge on any atom is -0.387 e. The number of fused-ring (bicyclic) bond motifs is 1. The molecule has 1 unspecified atom stereocenters. The van der Waals surface area contributed by atoms with Crippen LogP contribution in [-0.4, -0.2) is 26.2 Å². The third-order valence-corrected chi connectivity index (χ3v) is 3.50. The Kier molecular flexibility index (Phi) is 3.94. The summed E-state index contributed by atoms with van der Waals surface area (Å²) in [6, 6.07) is 11.7. The topological polar surface area (TPSA) is 63.0 Å². The Morgan fingerprint density at radius 1 is 1.24 bits per heavy atom. The van der Waals surface area contributed by atoms with Crippen LogP contribution in [0.25, 0.3) is 11.0 Å². The van der Waals surface area contributed by atoms with Crippen molar-refractivity contribution in [3.63, 3.8) is 0 Å². The third-order valence-electron chi connectivity index (χ3n) is 3.50. The Hall–Kier alpha value is -2.24. The van der Waals surface area contributed by atoms with Gasteiger partial charge >= 0.3 is 0 Å². The molecule has 2 aromatic heterocycles. The van der Waals surface area contributed by atoms with Crippen molar-refractivity contribution >= 4 is 11.0 Å². The van der Waals surface area contributed by atoms with E-state index in [0.717, 1.165) is 22.3 Å². The molecule has 5 nitrogen and oxygen atoms in total. The molecule has 108 valence electrons. The molecule has 3 rings (SSSR count). The largest absolute Gasteiger partial charge is 0.387 e. The van der Waals surface area contributed by atoms with Crippen LogP contribution in [0.5, 0.6) is 0 Å². The summed E-state index contributed by atoms with van der Waals surface area (Å²) in [5, 5.41) is 13.5. The van der Waals surface area contributed by atoms with E-state index >= 15 is 0 Å². The molecule has 0 spiro atoms. The minimum absolute atomic E-state index is 0.481. The summed E-state index contributed by atoms with van der Waals surface area (Å²) in [4.78, 5) is 8.55. The van der Waals surface area contributed by atoms with Gasteiger partial charge in [-0.1, -0.05) is 12.1 Å². The number of hydrogen-bond acceptors (Lipinski definition) is 4. The molecule has 0 aliphatic carbocycles. The van der Waals surface area contributed by atoms with Crippen molar-refractivity contribution in [3.05, 3.63) is 60.2 Å². The maximum Gasteiger partial charge on any atom is 0.0955 e. The van der Waals surface area contributed by atoms with Gasteiger partial charge in [-0.05, 0) is 29.8 Å². The van der Waals surface area contributed by atoms with Gasteiger partial charge in [-0.15, -0.1) is 0 Å². The third kappa shape index (κ3) is 3.09. The molecule has 3 aromatic rings. The number of imidazole rings is 1. The molecule has 1 aromatic carbocycles. The van der Waals surface area contributed by atoms with E-state index < -0.39 is 6.10 Å². The fraction of sp³-hybridized carbons (Fsp3) is 0.250. The number of hydrogen-bond donors (Lipinski definition) is 2. The Balaban J connectivity index is 1.62. The molecule has 2 N–H and O–H groups in total. The van der Waals surface area contributed by atoms with Crippen molar-refractivity contribution in [2.24, 2.45) is 7.05 Å². The lowest BCUT2D eigenvalue weighted by molar-refractivity contribution is 0.174. The summed E-state index contributed by atoms with van der Waals surface area (Å²) in [5.41, 5.74) is 3.80. The Morgan fingerprint density at radius 2 is 2.14 bits per heavy atom. The van der Waals surface area contributed by atoms with E-state index in [1.165, 1.54) is 0 Å². The zero-order valence-corrected chi connectivity index (χ0v) is 11.9. The van der Waals surface area contributed by atoms with Gasteiger partial charge in [0.1, 0.15) is 0 Å². The molecule has 0 fully saturated rings. The van der Waals surface area contributed by atoms with Crippen molar-refractivity contribution in [1.29, 1.82) is 0 Å². The quantitative estimate of drug-likeness (QED) is 0.749. The minimum atomic E-state index is -0.555. The second kappa shape index (κ2) is 6.03. The van der Waals surface area contributed by atoms with Crippen LogP contribution in [0.4, 0.5) is 0 Å². The smallest absolute Gasteiger partial charge is 0.0955 e. The zero-order chi connectivity index (χ0) is 14.7. The first-order valence-corrected chi connectivity index (χ1v) is 6.94. The van der Waals surface area contributed by atoms with Crippen LogP contribution < -0.4 is 5.32 Å². The number of aromatic nitrogens is 3. The number of nitrogens with one attached hydrogen (secondary N) is 1. The summed E-state index contributed by atoms with van der Waals surface area (Å²) < 4.78 is 1.96. The predicted molar refractivity (Wildman–Crippen MR) is 81.6 cm³/mol. The van der Waals surface area contributed by atoms with Crippen LogP contribution >= 0.6 is 0 Å². The van der Waals surface area contributed by atoms with Crippen molar-refractivity contribution < 1.29 is 5.11 Å². The van der Waals surface area contributed by atoms with E-state index in [9.17, 15) is 5.11 Å². The second-order valence-corrected chi connectivity index (χ2v) is 5.07. The average Bonchev–Trinajstić information content (AvgIpc) is 2.89.